The second-order valence-electron chi connectivity index (χ2n) is 10.3. The number of carbonyl (C=O) groups is 3. The molecule has 254 valence electrons. The lowest BCUT2D eigenvalue weighted by atomic mass is 9.88. The Bertz CT molecular complexity index is 1280. The maximum atomic E-state index is 14.6. The summed E-state index contributed by atoms with van der Waals surface area (Å²) in [7, 11) is 4.72. The summed E-state index contributed by atoms with van der Waals surface area (Å²) in [6, 6.07) is 8.60. The number of aliphatic hydroxyl groups is 2. The van der Waals surface area contributed by atoms with E-state index in [1.807, 2.05) is 25.1 Å². The highest BCUT2D eigenvalue weighted by Gasteiger charge is 2.37. The van der Waals surface area contributed by atoms with Gasteiger partial charge in [0.15, 0.2) is 13.1 Å². The number of aryl methyl sites for hydroxylation is 1. The summed E-state index contributed by atoms with van der Waals surface area (Å²) in [5.74, 6) is -2.65. The van der Waals surface area contributed by atoms with Crippen LogP contribution in [-0.2, 0) is 14.4 Å². The van der Waals surface area contributed by atoms with Crippen molar-refractivity contribution in [2.24, 2.45) is 0 Å². The molecule has 1 saturated heterocycles. The first-order chi connectivity index (χ1) is 22.0. The summed E-state index contributed by atoms with van der Waals surface area (Å²) in [4.78, 5) is 37.1. The van der Waals surface area contributed by atoms with Gasteiger partial charge < -0.3 is 30.1 Å². The predicted octanol–water partition coefficient (Wildman–Crippen LogP) is 4.53. The van der Waals surface area contributed by atoms with Crippen molar-refractivity contribution in [1.29, 1.82) is 0 Å². The Morgan fingerprint density at radius 1 is 1.09 bits per heavy atom. The van der Waals surface area contributed by atoms with Crippen molar-refractivity contribution in [1.82, 2.24) is 15.1 Å². The highest BCUT2D eigenvalue weighted by Crippen LogP contribution is 2.38. The van der Waals surface area contributed by atoms with Gasteiger partial charge in [0.1, 0.15) is 23.2 Å². The van der Waals surface area contributed by atoms with Crippen molar-refractivity contribution >= 4 is 18.6 Å². The van der Waals surface area contributed by atoms with E-state index in [1.165, 1.54) is 24.1 Å². The largest absolute Gasteiger partial charge is 0.497 e. The summed E-state index contributed by atoms with van der Waals surface area (Å²) in [5.41, 5.74) is 2.93. The first-order valence-electron chi connectivity index (χ1n) is 14.5. The molecule has 1 atom stereocenters. The van der Waals surface area contributed by atoms with Gasteiger partial charge in [-0.3, -0.25) is 14.4 Å². The van der Waals surface area contributed by atoms with Crippen LogP contribution < -0.4 is 10.1 Å². The molecule has 2 aromatic rings. The number of aliphatic hydroxyl groups excluding tert-OH is 2. The van der Waals surface area contributed by atoms with Gasteiger partial charge in [-0.25, -0.2) is 17.6 Å². The van der Waals surface area contributed by atoms with Gasteiger partial charge in [0, 0.05) is 63.4 Å². The van der Waals surface area contributed by atoms with Crippen molar-refractivity contribution < 1.29 is 46.9 Å². The van der Waals surface area contributed by atoms with Gasteiger partial charge in [0.2, 0.25) is 12.3 Å². The number of ether oxygens (including phenoxy) is 1. The predicted molar refractivity (Wildman–Crippen MR) is 166 cm³/mol. The van der Waals surface area contributed by atoms with Crippen molar-refractivity contribution in [3.05, 3.63) is 88.0 Å². The molecule has 1 aliphatic carbocycles. The van der Waals surface area contributed by atoms with Crippen molar-refractivity contribution in [2.45, 2.75) is 44.9 Å². The van der Waals surface area contributed by atoms with E-state index < -0.39 is 24.4 Å². The Balaban J connectivity index is 0.000000582. The zero-order chi connectivity index (χ0) is 34.6. The number of methoxy groups -OCH3 is 1. The van der Waals surface area contributed by atoms with Gasteiger partial charge in [-0.15, -0.1) is 0 Å². The molecule has 1 saturated carbocycles. The fraction of sp³-hybridized carbons (Fsp3) is 0.424. The summed E-state index contributed by atoms with van der Waals surface area (Å²) in [6.07, 6.45) is 6.38. The van der Waals surface area contributed by atoms with Crippen LogP contribution in [0.4, 0.5) is 17.6 Å². The molecule has 2 aliphatic rings. The number of hydrogen-bond donors (Lipinski definition) is 3. The lowest BCUT2D eigenvalue weighted by molar-refractivity contribution is -0.127. The quantitative estimate of drug-likeness (QED) is 0.218. The molecule has 1 aliphatic heterocycles. The molecule has 0 aromatic heterocycles. The third-order valence-corrected chi connectivity index (χ3v) is 7.00. The summed E-state index contributed by atoms with van der Waals surface area (Å²) < 4.78 is 55.9. The fourth-order valence-corrected chi connectivity index (χ4v) is 4.89. The Labute approximate surface area is 267 Å². The van der Waals surface area contributed by atoms with Crippen LogP contribution in [0.5, 0.6) is 5.75 Å². The highest BCUT2D eigenvalue weighted by atomic mass is 19.1. The maximum absolute atomic E-state index is 14.6. The monoisotopic (exact) mass is 653 g/mol. The van der Waals surface area contributed by atoms with E-state index in [2.05, 4.69) is 5.32 Å². The Morgan fingerprint density at radius 2 is 1.65 bits per heavy atom. The van der Waals surface area contributed by atoms with Crippen LogP contribution in [0, 0.1) is 24.4 Å². The third-order valence-electron chi connectivity index (χ3n) is 7.00. The molecular weight excluding hydrogens is 610 g/mol. The van der Waals surface area contributed by atoms with Gasteiger partial charge in [0.05, 0.1) is 19.4 Å². The number of rotatable bonds is 8. The number of nitrogens with zero attached hydrogens (tertiary/aromatic N) is 2. The number of amides is 2. The van der Waals surface area contributed by atoms with E-state index in [-0.39, 0.29) is 48.3 Å². The van der Waals surface area contributed by atoms with E-state index >= 15 is 0 Å². The van der Waals surface area contributed by atoms with Crippen molar-refractivity contribution in [2.75, 3.05) is 47.8 Å². The minimum absolute atomic E-state index is 0.00510. The number of alkyl halides is 1. The van der Waals surface area contributed by atoms with Crippen LogP contribution in [0.1, 0.15) is 49.1 Å². The molecule has 0 bridgehead atoms. The molecule has 3 N–H and O–H groups in total. The summed E-state index contributed by atoms with van der Waals surface area (Å²) >= 11 is 0. The number of aldehydes is 1. The van der Waals surface area contributed by atoms with E-state index in [1.54, 1.807) is 19.2 Å². The second kappa shape index (κ2) is 21.5. The average molecular weight is 654 g/mol. The van der Waals surface area contributed by atoms with E-state index in [0.717, 1.165) is 48.1 Å². The van der Waals surface area contributed by atoms with Gasteiger partial charge in [-0.1, -0.05) is 17.7 Å². The van der Waals surface area contributed by atoms with Gasteiger partial charge >= 0.3 is 0 Å². The minimum Gasteiger partial charge on any atom is -0.497 e. The number of allylic oxidation sites excluding steroid dienone is 3. The molecule has 0 radical (unpaired) electrons. The molecular formula is C33H43F4N3O6. The molecule has 1 unspecified atom stereocenters. The fourth-order valence-electron chi connectivity index (χ4n) is 4.89. The molecule has 1 heterocycles. The maximum Gasteiger partial charge on any atom is 0.227 e. The highest BCUT2D eigenvalue weighted by molar-refractivity contribution is 5.89. The third kappa shape index (κ3) is 12.6. The van der Waals surface area contributed by atoms with Gasteiger partial charge in [-0.2, -0.15) is 0 Å². The topological polar surface area (TPSA) is 119 Å². The van der Waals surface area contributed by atoms with Crippen LogP contribution >= 0.6 is 0 Å². The zero-order valence-electron chi connectivity index (χ0n) is 26.6. The Hall–Kier alpha value is -4.23. The Kier molecular flexibility index (Phi) is 18.6. The van der Waals surface area contributed by atoms with Crippen LogP contribution in [-0.4, -0.2) is 86.4 Å². The lowest BCUT2D eigenvalue weighted by Crippen LogP contribution is -2.28. The normalized spacial score (nSPS) is 17.3. The van der Waals surface area contributed by atoms with Crippen molar-refractivity contribution in [3.8, 4) is 5.75 Å². The number of hydrogen-bond acceptors (Lipinski definition) is 7. The molecule has 9 nitrogen and oxygen atoms in total. The molecule has 46 heavy (non-hydrogen) atoms. The van der Waals surface area contributed by atoms with Gasteiger partial charge in [-0.05, 0) is 55.9 Å². The molecule has 2 amide bonds. The number of carbonyl (C=O) groups excluding carboxylic acids is 3. The smallest absolute Gasteiger partial charge is 0.227 e. The van der Waals surface area contributed by atoms with E-state index in [0.29, 0.717) is 25.7 Å². The summed E-state index contributed by atoms with van der Waals surface area (Å²) in [5, 5.41) is 18.3. The van der Waals surface area contributed by atoms with Crippen LogP contribution in [0.2, 0.25) is 0 Å². The Morgan fingerprint density at radius 3 is 2.13 bits per heavy atom. The first kappa shape index (κ1) is 39.8. The van der Waals surface area contributed by atoms with Crippen molar-refractivity contribution in [3.63, 3.8) is 0 Å². The standard InChI is InChI=1S/C23H28F2N2O4.C7H7F.C2H5NO.CH3FO/c1-26(7-8-28)12-15-5-3-4-6-18(15)21(14-29)27-13-16(9-22(27)30)23-19(24)10-17(31-2)11-20(23)25;1-6-2-4-7(8)5-3-6;1-3-2-4;2-1-3/h10-12,14,16,28H,3-9,13H2,1-2H3;2-5H,1H3;2H,1H3,(H,3,4);3H,1H2/b15-12-,21-18+;;;. The molecule has 2 aromatic carbocycles. The number of benzene rings is 2. The van der Waals surface area contributed by atoms with E-state index in [9.17, 15) is 27.2 Å². The number of halogens is 4. The van der Waals surface area contributed by atoms with Crippen LogP contribution in [0.3, 0.4) is 0 Å². The minimum atomic E-state index is -1.25. The van der Waals surface area contributed by atoms with Crippen LogP contribution in [0.25, 0.3) is 0 Å². The molecule has 13 heteroatoms. The lowest BCUT2D eigenvalue weighted by Gasteiger charge is -2.27. The first-order valence-corrected chi connectivity index (χ1v) is 14.5. The SMILES string of the molecule is CNC=O.COc1cc(F)c(C2CC(=O)N(/C(C=O)=C3\CCCC\C3=C\N(C)CCO)C2)c(F)c1.Cc1ccc(F)cc1.OCF. The average Bonchev–Trinajstić information content (AvgIpc) is 3.40. The van der Waals surface area contributed by atoms with Gasteiger partial charge in [0.25, 0.3) is 0 Å². The second-order valence-corrected chi connectivity index (χ2v) is 10.3. The molecule has 2 fully saturated rings. The number of nitrogens with one attached hydrogen (secondary N) is 1. The zero-order valence-corrected chi connectivity index (χ0v) is 26.6. The number of likely N-dealkylation sites (tertiary alicyclic amines) is 1. The molecule has 4 rings (SSSR count). The summed E-state index contributed by atoms with van der Waals surface area (Å²) in [6.45, 7) is 1.18. The number of likely N-dealkylation sites (N-methyl/N-ethyl adjacent to an activating group) is 1. The van der Waals surface area contributed by atoms with E-state index in [4.69, 9.17) is 19.7 Å². The van der Waals surface area contributed by atoms with Crippen LogP contribution in [0.15, 0.2) is 59.4 Å². The molecule has 0 spiro atoms.